The van der Waals surface area contributed by atoms with Gasteiger partial charge in [0.05, 0.1) is 26.2 Å². The van der Waals surface area contributed by atoms with Gasteiger partial charge in [-0.05, 0) is 42.0 Å². The van der Waals surface area contributed by atoms with Gasteiger partial charge in [0.2, 0.25) is 15.9 Å². The maximum atomic E-state index is 12.9. The maximum absolute atomic E-state index is 12.9. The molecule has 0 radical (unpaired) electrons. The number of nitrogens with one attached hydrogen (secondary N) is 1. The number of carbonyl (C=O) groups is 1. The Morgan fingerprint density at radius 2 is 1.84 bits per heavy atom. The van der Waals surface area contributed by atoms with Gasteiger partial charge in [0.1, 0.15) is 23.9 Å². The van der Waals surface area contributed by atoms with Gasteiger partial charge in [-0.1, -0.05) is 12.1 Å². The number of amides is 1. The summed E-state index contributed by atoms with van der Waals surface area (Å²) in [5.74, 6) is 1.69. The molecule has 0 aliphatic rings. The van der Waals surface area contributed by atoms with Gasteiger partial charge in [0, 0.05) is 18.4 Å². The highest BCUT2D eigenvalue weighted by molar-refractivity contribution is 7.98. The first-order chi connectivity index (χ1) is 14.7. The van der Waals surface area contributed by atoms with Crippen LogP contribution in [0, 0.1) is 5.82 Å². The molecule has 0 fully saturated rings. The van der Waals surface area contributed by atoms with Crippen molar-refractivity contribution in [3.63, 3.8) is 0 Å². The first-order valence-electron chi connectivity index (χ1n) is 9.53. The van der Waals surface area contributed by atoms with Crippen LogP contribution >= 0.6 is 11.8 Å². The fourth-order valence-electron chi connectivity index (χ4n) is 2.73. The molecule has 2 aromatic rings. The maximum Gasteiger partial charge on any atom is 0.240 e. The standard InChI is InChI=1S/C21H27FN2O5S2/c1-28-18-9-10-19(20(13-18)29-2)24(31(3,26)27)14-21(25)23-11-4-12-30-15-16-5-7-17(22)8-6-16/h5-10,13H,4,11-12,14-15H2,1-3H3,(H,23,25). The lowest BCUT2D eigenvalue weighted by Gasteiger charge is -2.24. The second-order valence-electron chi connectivity index (χ2n) is 6.69. The Bertz CT molecular complexity index is 968. The van der Waals surface area contributed by atoms with Gasteiger partial charge < -0.3 is 14.8 Å². The van der Waals surface area contributed by atoms with Gasteiger partial charge in [0.15, 0.2) is 0 Å². The molecule has 0 bridgehead atoms. The van der Waals surface area contributed by atoms with E-state index >= 15 is 0 Å². The fourth-order valence-corrected chi connectivity index (χ4v) is 4.51. The minimum absolute atomic E-state index is 0.258. The molecule has 10 heteroatoms. The molecule has 0 aliphatic carbocycles. The van der Waals surface area contributed by atoms with Crippen molar-refractivity contribution in [3.05, 3.63) is 53.8 Å². The molecule has 7 nitrogen and oxygen atoms in total. The van der Waals surface area contributed by atoms with Crippen LogP contribution in [0.1, 0.15) is 12.0 Å². The van der Waals surface area contributed by atoms with Crippen molar-refractivity contribution in [3.8, 4) is 11.5 Å². The van der Waals surface area contributed by atoms with E-state index < -0.39 is 15.9 Å². The number of hydrogen-bond donors (Lipinski definition) is 1. The van der Waals surface area contributed by atoms with Gasteiger partial charge in [-0.3, -0.25) is 9.10 Å². The summed E-state index contributed by atoms with van der Waals surface area (Å²) in [6.07, 6.45) is 1.76. The summed E-state index contributed by atoms with van der Waals surface area (Å²) in [6, 6.07) is 11.1. The molecule has 0 saturated carbocycles. The summed E-state index contributed by atoms with van der Waals surface area (Å²) in [7, 11) is -0.804. The number of hydrogen-bond acceptors (Lipinski definition) is 6. The summed E-state index contributed by atoms with van der Waals surface area (Å²) in [5, 5.41) is 2.75. The van der Waals surface area contributed by atoms with Crippen LogP contribution in [0.15, 0.2) is 42.5 Å². The quantitative estimate of drug-likeness (QED) is 0.480. The molecular formula is C21H27FN2O5S2. The Labute approximate surface area is 187 Å². The van der Waals surface area contributed by atoms with Crippen molar-refractivity contribution in [2.45, 2.75) is 12.2 Å². The average Bonchev–Trinajstić information content (AvgIpc) is 2.74. The van der Waals surface area contributed by atoms with E-state index in [1.54, 1.807) is 36.0 Å². The first kappa shape index (κ1) is 24.8. The van der Waals surface area contributed by atoms with E-state index in [0.717, 1.165) is 34.1 Å². The second kappa shape index (κ2) is 11.8. The van der Waals surface area contributed by atoms with Gasteiger partial charge in [-0.25, -0.2) is 12.8 Å². The lowest BCUT2D eigenvalue weighted by Crippen LogP contribution is -2.40. The van der Waals surface area contributed by atoms with Crippen LogP contribution < -0.4 is 19.1 Å². The van der Waals surface area contributed by atoms with Crippen LogP contribution in [-0.2, 0) is 20.6 Å². The third kappa shape index (κ3) is 7.95. The zero-order valence-corrected chi connectivity index (χ0v) is 19.4. The smallest absolute Gasteiger partial charge is 0.240 e. The Hall–Kier alpha value is -2.46. The summed E-state index contributed by atoms with van der Waals surface area (Å²) in [5.41, 5.74) is 1.29. The normalized spacial score (nSPS) is 11.1. The Kier molecular flexibility index (Phi) is 9.44. The molecule has 0 atom stereocenters. The topological polar surface area (TPSA) is 84.9 Å². The average molecular weight is 471 g/mol. The van der Waals surface area contributed by atoms with Crippen molar-refractivity contribution in [1.82, 2.24) is 5.32 Å². The third-order valence-electron chi connectivity index (χ3n) is 4.31. The number of carbonyl (C=O) groups excluding carboxylic acids is 1. The van der Waals surface area contributed by atoms with Crippen LogP contribution in [0.4, 0.5) is 10.1 Å². The van der Waals surface area contributed by atoms with Crippen LogP contribution in [0.2, 0.25) is 0 Å². The van der Waals surface area contributed by atoms with Crippen LogP contribution in [0.3, 0.4) is 0 Å². The molecule has 31 heavy (non-hydrogen) atoms. The van der Waals surface area contributed by atoms with Gasteiger partial charge in [-0.2, -0.15) is 11.8 Å². The van der Waals surface area contributed by atoms with Gasteiger partial charge in [-0.15, -0.1) is 0 Å². The van der Waals surface area contributed by atoms with E-state index in [1.165, 1.54) is 32.4 Å². The van der Waals surface area contributed by atoms with Crippen LogP contribution in [0.5, 0.6) is 11.5 Å². The van der Waals surface area contributed by atoms with E-state index in [0.29, 0.717) is 12.3 Å². The zero-order valence-electron chi connectivity index (χ0n) is 17.8. The number of benzene rings is 2. The zero-order chi connectivity index (χ0) is 22.9. The van der Waals surface area contributed by atoms with Crippen molar-refractivity contribution < 1.29 is 27.1 Å². The Balaban J connectivity index is 1.85. The third-order valence-corrected chi connectivity index (χ3v) is 6.55. The van der Waals surface area contributed by atoms with Gasteiger partial charge in [0.25, 0.3) is 0 Å². The highest BCUT2D eigenvalue weighted by Crippen LogP contribution is 2.33. The van der Waals surface area contributed by atoms with Crippen molar-refractivity contribution in [2.24, 2.45) is 0 Å². The van der Waals surface area contributed by atoms with Crippen LogP contribution in [-0.4, -0.2) is 53.6 Å². The van der Waals surface area contributed by atoms with Gasteiger partial charge >= 0.3 is 0 Å². The molecule has 1 N–H and O–H groups in total. The second-order valence-corrected chi connectivity index (χ2v) is 9.70. The van der Waals surface area contributed by atoms with Crippen molar-refractivity contribution in [2.75, 3.05) is 43.6 Å². The monoisotopic (exact) mass is 470 g/mol. The largest absolute Gasteiger partial charge is 0.497 e. The van der Waals surface area contributed by atoms with Crippen LogP contribution in [0.25, 0.3) is 0 Å². The fraction of sp³-hybridized carbons (Fsp3) is 0.381. The minimum Gasteiger partial charge on any atom is -0.497 e. The number of nitrogens with zero attached hydrogens (tertiary/aromatic N) is 1. The first-order valence-corrected chi connectivity index (χ1v) is 12.5. The molecule has 2 rings (SSSR count). The molecular weight excluding hydrogens is 443 g/mol. The summed E-state index contributed by atoms with van der Waals surface area (Å²) >= 11 is 1.68. The molecule has 0 heterocycles. The summed E-state index contributed by atoms with van der Waals surface area (Å²) in [6.45, 7) is 0.0663. The lowest BCUT2D eigenvalue weighted by atomic mass is 10.2. The molecule has 0 unspecified atom stereocenters. The van der Waals surface area contributed by atoms with Crippen molar-refractivity contribution >= 4 is 33.4 Å². The number of halogens is 1. The van der Waals surface area contributed by atoms with Crippen molar-refractivity contribution in [1.29, 1.82) is 0 Å². The van der Waals surface area contributed by atoms with E-state index in [9.17, 15) is 17.6 Å². The van der Waals surface area contributed by atoms with E-state index in [4.69, 9.17) is 9.47 Å². The lowest BCUT2D eigenvalue weighted by molar-refractivity contribution is -0.119. The predicted octanol–water partition coefficient (Wildman–Crippen LogP) is 3.05. The minimum atomic E-state index is -3.72. The molecule has 0 aliphatic heterocycles. The Morgan fingerprint density at radius 1 is 1.13 bits per heavy atom. The molecule has 0 spiro atoms. The summed E-state index contributed by atoms with van der Waals surface area (Å²) < 4.78 is 48.9. The number of thioether (sulfide) groups is 1. The van der Waals surface area contributed by atoms with E-state index in [-0.39, 0.29) is 23.8 Å². The number of ether oxygens (including phenoxy) is 2. The molecule has 170 valence electrons. The highest BCUT2D eigenvalue weighted by atomic mass is 32.2. The Morgan fingerprint density at radius 3 is 2.45 bits per heavy atom. The molecule has 1 amide bonds. The summed E-state index contributed by atoms with van der Waals surface area (Å²) in [4.78, 5) is 12.4. The number of methoxy groups -OCH3 is 2. The molecule has 0 aromatic heterocycles. The molecule has 2 aromatic carbocycles. The number of rotatable bonds is 12. The number of sulfonamides is 1. The predicted molar refractivity (Wildman–Crippen MR) is 122 cm³/mol. The molecule has 0 saturated heterocycles. The SMILES string of the molecule is COc1ccc(N(CC(=O)NCCCSCc2ccc(F)cc2)S(C)(=O)=O)c(OC)c1. The van der Waals surface area contributed by atoms with E-state index in [1.807, 2.05) is 0 Å². The van der Waals surface area contributed by atoms with E-state index in [2.05, 4.69) is 5.32 Å². The number of anilines is 1. The highest BCUT2D eigenvalue weighted by Gasteiger charge is 2.24.